The second kappa shape index (κ2) is 5.51. The summed E-state index contributed by atoms with van der Waals surface area (Å²) in [7, 11) is 1.91. The fourth-order valence-corrected chi connectivity index (χ4v) is 1.75. The Balaban J connectivity index is 1.95. The summed E-state index contributed by atoms with van der Waals surface area (Å²) in [4.78, 5) is 14.8. The zero-order valence-electron chi connectivity index (χ0n) is 10.4. The zero-order chi connectivity index (χ0) is 13.8. The van der Waals surface area contributed by atoms with E-state index in [1.165, 1.54) is 12.1 Å². The minimum absolute atomic E-state index is 0.324. The summed E-state index contributed by atoms with van der Waals surface area (Å²) >= 11 is 0. The predicted octanol–water partition coefficient (Wildman–Crippen LogP) is 1.91. The van der Waals surface area contributed by atoms with E-state index in [2.05, 4.69) is 10.3 Å². The normalized spacial score (nSPS) is 10.4. The molecule has 0 bridgehead atoms. The number of halogens is 1. The number of benzene rings is 1. The van der Waals surface area contributed by atoms with E-state index in [0.29, 0.717) is 18.7 Å². The molecule has 2 aromatic rings. The van der Waals surface area contributed by atoms with Gasteiger partial charge in [0.05, 0.1) is 5.56 Å². The van der Waals surface area contributed by atoms with Crippen molar-refractivity contribution >= 4 is 11.7 Å². The first-order valence-electron chi connectivity index (χ1n) is 5.81. The summed E-state index contributed by atoms with van der Waals surface area (Å²) < 4.78 is 15.3. The number of nitrogens with one attached hydrogen (secondary N) is 1. The van der Waals surface area contributed by atoms with E-state index in [9.17, 15) is 9.18 Å². The third-order valence-electron chi connectivity index (χ3n) is 2.80. The molecule has 1 heterocycles. The van der Waals surface area contributed by atoms with Gasteiger partial charge < -0.3 is 15.0 Å². The van der Waals surface area contributed by atoms with Crippen LogP contribution in [0.1, 0.15) is 16.2 Å². The highest BCUT2D eigenvalue weighted by Gasteiger charge is 2.10. The highest BCUT2D eigenvalue weighted by atomic mass is 19.1. The van der Waals surface area contributed by atoms with E-state index in [1.54, 1.807) is 12.3 Å². The molecule has 1 aromatic heterocycles. The van der Waals surface area contributed by atoms with Crippen LogP contribution in [0.5, 0.6) is 0 Å². The molecule has 0 unspecified atom stereocenters. The number of carboxylic acid groups (broad SMARTS) is 1. The van der Waals surface area contributed by atoms with E-state index >= 15 is 0 Å². The summed E-state index contributed by atoms with van der Waals surface area (Å²) in [6.45, 7) is 0.594. The lowest BCUT2D eigenvalue weighted by Crippen LogP contribution is -2.09. The number of rotatable bonds is 5. The van der Waals surface area contributed by atoms with Crippen molar-refractivity contribution in [3.8, 4) is 0 Å². The molecule has 6 heteroatoms. The van der Waals surface area contributed by atoms with Gasteiger partial charge in [0.2, 0.25) is 0 Å². The van der Waals surface area contributed by atoms with Gasteiger partial charge in [-0.05, 0) is 18.2 Å². The molecular formula is C13H14FN3O2. The number of carboxylic acids is 1. The van der Waals surface area contributed by atoms with E-state index in [0.717, 1.165) is 5.82 Å². The lowest BCUT2D eigenvalue weighted by atomic mass is 10.2. The Morgan fingerprint density at radius 2 is 2.32 bits per heavy atom. The Hall–Kier alpha value is -2.37. The first-order chi connectivity index (χ1) is 9.08. The average molecular weight is 263 g/mol. The van der Waals surface area contributed by atoms with Gasteiger partial charge in [-0.25, -0.2) is 14.2 Å². The van der Waals surface area contributed by atoms with E-state index in [1.807, 2.05) is 17.8 Å². The molecule has 19 heavy (non-hydrogen) atoms. The number of imidazole rings is 1. The Bertz CT molecular complexity index is 595. The molecule has 0 amide bonds. The monoisotopic (exact) mass is 263 g/mol. The predicted molar refractivity (Wildman–Crippen MR) is 68.8 cm³/mol. The van der Waals surface area contributed by atoms with Gasteiger partial charge in [0.25, 0.3) is 0 Å². The van der Waals surface area contributed by atoms with Crippen LogP contribution in [-0.4, -0.2) is 27.2 Å². The molecule has 0 aliphatic carbocycles. The van der Waals surface area contributed by atoms with Crippen molar-refractivity contribution in [3.05, 3.63) is 47.8 Å². The molecule has 0 saturated carbocycles. The molecule has 100 valence electrons. The first-order valence-corrected chi connectivity index (χ1v) is 5.81. The average Bonchev–Trinajstić information content (AvgIpc) is 2.75. The van der Waals surface area contributed by atoms with Gasteiger partial charge in [0.1, 0.15) is 11.6 Å². The topological polar surface area (TPSA) is 67.2 Å². The molecule has 5 nitrogen and oxygen atoms in total. The molecule has 0 aliphatic rings. The minimum Gasteiger partial charge on any atom is -0.478 e. The van der Waals surface area contributed by atoms with Crippen LogP contribution < -0.4 is 5.32 Å². The van der Waals surface area contributed by atoms with Gasteiger partial charge in [-0.15, -0.1) is 0 Å². The van der Waals surface area contributed by atoms with Crippen LogP contribution >= 0.6 is 0 Å². The van der Waals surface area contributed by atoms with Crippen molar-refractivity contribution in [2.75, 3.05) is 11.9 Å². The Morgan fingerprint density at radius 1 is 1.53 bits per heavy atom. The van der Waals surface area contributed by atoms with Crippen molar-refractivity contribution in [2.45, 2.75) is 6.42 Å². The van der Waals surface area contributed by atoms with Gasteiger partial charge >= 0.3 is 5.97 Å². The molecule has 0 saturated heterocycles. The van der Waals surface area contributed by atoms with Gasteiger partial charge in [-0.3, -0.25) is 0 Å². The quantitative estimate of drug-likeness (QED) is 0.864. The molecule has 0 spiro atoms. The number of hydrogen-bond donors (Lipinski definition) is 2. The van der Waals surface area contributed by atoms with Crippen molar-refractivity contribution in [2.24, 2.45) is 7.05 Å². The van der Waals surface area contributed by atoms with E-state index < -0.39 is 11.8 Å². The maximum atomic E-state index is 13.4. The smallest absolute Gasteiger partial charge is 0.338 e. The van der Waals surface area contributed by atoms with Crippen LogP contribution in [0.15, 0.2) is 30.6 Å². The number of nitrogens with zero attached hydrogens (tertiary/aromatic N) is 2. The second-order valence-corrected chi connectivity index (χ2v) is 4.13. The maximum Gasteiger partial charge on any atom is 0.338 e. The van der Waals surface area contributed by atoms with Crippen molar-refractivity contribution < 1.29 is 14.3 Å². The maximum absolute atomic E-state index is 13.4. The SMILES string of the molecule is Cn1ccnc1CCNc1ccc(C(=O)O)c(F)c1. The first kappa shape index (κ1) is 13.1. The fourth-order valence-electron chi connectivity index (χ4n) is 1.75. The van der Waals surface area contributed by atoms with E-state index in [-0.39, 0.29) is 5.56 Å². The van der Waals surface area contributed by atoms with Crippen LogP contribution in [0.4, 0.5) is 10.1 Å². The molecule has 1 aromatic carbocycles. The molecule has 0 atom stereocenters. The molecular weight excluding hydrogens is 249 g/mol. The number of carbonyl (C=O) groups is 1. The third kappa shape index (κ3) is 3.09. The van der Waals surface area contributed by atoms with Gasteiger partial charge in [0.15, 0.2) is 0 Å². The van der Waals surface area contributed by atoms with Crippen LogP contribution in [0.3, 0.4) is 0 Å². The summed E-state index contributed by atoms with van der Waals surface area (Å²) in [5.41, 5.74) is 0.228. The number of anilines is 1. The number of hydrogen-bond acceptors (Lipinski definition) is 3. The summed E-state index contributed by atoms with van der Waals surface area (Å²) in [5, 5.41) is 11.7. The van der Waals surface area contributed by atoms with Gasteiger partial charge in [0, 0.05) is 38.1 Å². The number of aromatic nitrogens is 2. The third-order valence-corrected chi connectivity index (χ3v) is 2.80. The van der Waals surface area contributed by atoms with Crippen molar-refractivity contribution in [1.29, 1.82) is 0 Å². The summed E-state index contributed by atoms with van der Waals surface area (Å²) in [6, 6.07) is 3.98. The van der Waals surface area contributed by atoms with Gasteiger partial charge in [-0.2, -0.15) is 0 Å². The lowest BCUT2D eigenvalue weighted by molar-refractivity contribution is 0.0692. The zero-order valence-corrected chi connectivity index (χ0v) is 10.4. The van der Waals surface area contributed by atoms with Crippen LogP contribution in [-0.2, 0) is 13.5 Å². The minimum atomic E-state index is -1.27. The Kier molecular flexibility index (Phi) is 3.79. The Morgan fingerprint density at radius 3 is 2.89 bits per heavy atom. The lowest BCUT2D eigenvalue weighted by Gasteiger charge is -2.07. The van der Waals surface area contributed by atoms with Gasteiger partial charge in [-0.1, -0.05) is 0 Å². The van der Waals surface area contributed by atoms with Crippen LogP contribution in [0.25, 0.3) is 0 Å². The number of aryl methyl sites for hydroxylation is 1. The summed E-state index contributed by atoms with van der Waals surface area (Å²) in [5.74, 6) is -1.08. The van der Waals surface area contributed by atoms with E-state index in [4.69, 9.17) is 5.11 Å². The van der Waals surface area contributed by atoms with Crippen molar-refractivity contribution in [1.82, 2.24) is 9.55 Å². The second-order valence-electron chi connectivity index (χ2n) is 4.13. The molecule has 2 rings (SSSR count). The largest absolute Gasteiger partial charge is 0.478 e. The highest BCUT2D eigenvalue weighted by molar-refractivity contribution is 5.88. The highest BCUT2D eigenvalue weighted by Crippen LogP contribution is 2.14. The van der Waals surface area contributed by atoms with Crippen molar-refractivity contribution in [3.63, 3.8) is 0 Å². The standard InChI is InChI=1S/C13H14FN3O2/c1-17-7-6-16-12(17)4-5-15-9-2-3-10(13(18)19)11(14)8-9/h2-3,6-8,15H,4-5H2,1H3,(H,18,19). The molecule has 2 N–H and O–H groups in total. The van der Waals surface area contributed by atoms with Crippen LogP contribution in [0.2, 0.25) is 0 Å². The fraction of sp³-hybridized carbons (Fsp3) is 0.231. The Labute approximate surface area is 109 Å². The molecule has 0 fully saturated rings. The molecule has 0 aliphatic heterocycles. The van der Waals surface area contributed by atoms with Crippen LogP contribution in [0, 0.1) is 5.82 Å². The molecule has 0 radical (unpaired) electrons. The summed E-state index contributed by atoms with van der Waals surface area (Å²) in [6.07, 6.45) is 4.28. The number of aromatic carboxylic acids is 1.